The third-order valence-corrected chi connectivity index (χ3v) is 8.14. The first-order chi connectivity index (χ1) is 17.7. The topological polar surface area (TPSA) is 117 Å². The highest BCUT2D eigenvalue weighted by atomic mass is 32.2. The van der Waals surface area contributed by atoms with Crippen molar-refractivity contribution >= 4 is 32.8 Å². The molecule has 3 aromatic carbocycles. The first kappa shape index (κ1) is 26.0. The van der Waals surface area contributed by atoms with E-state index in [9.17, 15) is 17.6 Å². The number of aryl methyl sites for hydroxylation is 1. The van der Waals surface area contributed by atoms with Crippen molar-refractivity contribution in [2.75, 3.05) is 19.5 Å². The van der Waals surface area contributed by atoms with Crippen LogP contribution in [-0.2, 0) is 15.6 Å². The van der Waals surface area contributed by atoms with E-state index in [1.165, 1.54) is 44.6 Å². The Bertz CT molecular complexity index is 1540. The molecule has 9 nitrogen and oxygen atoms in total. The summed E-state index contributed by atoms with van der Waals surface area (Å²) < 4.78 is 55.3. The zero-order valence-electron chi connectivity index (χ0n) is 20.0. The Hall–Kier alpha value is -4.03. The highest BCUT2D eigenvalue weighted by Gasteiger charge is 2.23. The van der Waals surface area contributed by atoms with Gasteiger partial charge < -0.3 is 19.5 Å². The van der Waals surface area contributed by atoms with Crippen LogP contribution >= 0.6 is 11.3 Å². The zero-order chi connectivity index (χ0) is 26.6. The van der Waals surface area contributed by atoms with Gasteiger partial charge in [0, 0.05) is 11.3 Å². The van der Waals surface area contributed by atoms with E-state index in [-0.39, 0.29) is 21.1 Å². The van der Waals surface area contributed by atoms with Crippen molar-refractivity contribution in [2.45, 2.75) is 17.0 Å². The Morgan fingerprint density at radius 1 is 1.00 bits per heavy atom. The molecule has 0 atom stereocenters. The first-order valence-corrected chi connectivity index (χ1v) is 13.3. The van der Waals surface area contributed by atoms with Crippen LogP contribution in [0.25, 0.3) is 0 Å². The molecule has 4 aromatic rings. The fraction of sp³-hybridized carbons (Fsp3) is 0.160. The standard InChI is InChI=1S/C25H22FN3O6S2/c1-15-13-18(11-12-19(15)26)27-23(30)17-9-7-16(8-10-17)14-37(31,32)25-29-28-24(36-25)35-21-6-4-5-20(33-2)22(21)34-3/h4-13H,14H2,1-3H3,(H,27,30). The molecule has 0 fully saturated rings. The molecule has 0 saturated heterocycles. The molecule has 0 spiro atoms. The van der Waals surface area contributed by atoms with Crippen molar-refractivity contribution in [3.8, 4) is 22.4 Å². The fourth-order valence-corrected chi connectivity index (χ4v) is 5.62. The number of methoxy groups -OCH3 is 2. The van der Waals surface area contributed by atoms with Crippen LogP contribution < -0.4 is 19.5 Å². The molecule has 0 aliphatic heterocycles. The number of nitrogens with one attached hydrogen (secondary N) is 1. The van der Waals surface area contributed by atoms with E-state index in [0.717, 1.165) is 11.3 Å². The number of hydrogen-bond donors (Lipinski definition) is 1. The number of aromatic nitrogens is 2. The highest BCUT2D eigenvalue weighted by molar-refractivity contribution is 7.92. The first-order valence-electron chi connectivity index (χ1n) is 10.8. The van der Waals surface area contributed by atoms with Gasteiger partial charge in [0.15, 0.2) is 11.5 Å². The number of halogens is 1. The molecule has 0 aliphatic carbocycles. The number of benzene rings is 3. The largest absolute Gasteiger partial charge is 0.493 e. The molecule has 0 radical (unpaired) electrons. The Morgan fingerprint density at radius 2 is 1.73 bits per heavy atom. The van der Waals surface area contributed by atoms with Crippen LogP contribution in [0.1, 0.15) is 21.5 Å². The van der Waals surface area contributed by atoms with E-state index in [2.05, 4.69) is 15.5 Å². The molecule has 37 heavy (non-hydrogen) atoms. The number of ether oxygens (including phenoxy) is 3. The van der Waals surface area contributed by atoms with E-state index in [1.807, 2.05) is 0 Å². The number of rotatable bonds is 9. The molecule has 0 saturated carbocycles. The number of sulfone groups is 1. The lowest BCUT2D eigenvalue weighted by molar-refractivity contribution is 0.102. The van der Waals surface area contributed by atoms with Crippen LogP contribution in [0.4, 0.5) is 10.1 Å². The summed E-state index contributed by atoms with van der Waals surface area (Å²) in [5, 5.41) is 10.3. The lowest BCUT2D eigenvalue weighted by Gasteiger charge is -2.11. The van der Waals surface area contributed by atoms with Gasteiger partial charge >= 0.3 is 5.19 Å². The summed E-state index contributed by atoms with van der Waals surface area (Å²) in [7, 11) is -0.885. The van der Waals surface area contributed by atoms with E-state index in [4.69, 9.17) is 14.2 Å². The van der Waals surface area contributed by atoms with E-state index in [0.29, 0.717) is 39.6 Å². The fourth-order valence-electron chi connectivity index (χ4n) is 3.36. The second kappa shape index (κ2) is 10.9. The molecule has 192 valence electrons. The number of carbonyl (C=O) groups is 1. The van der Waals surface area contributed by atoms with E-state index in [1.54, 1.807) is 37.3 Å². The van der Waals surface area contributed by atoms with Gasteiger partial charge in [0.05, 0.1) is 20.0 Å². The summed E-state index contributed by atoms with van der Waals surface area (Å²) in [6, 6.07) is 15.4. The maximum absolute atomic E-state index is 13.4. The third kappa shape index (κ3) is 6.04. The van der Waals surface area contributed by atoms with Crippen molar-refractivity contribution in [3.63, 3.8) is 0 Å². The van der Waals surface area contributed by atoms with Crippen molar-refractivity contribution in [1.82, 2.24) is 10.2 Å². The Balaban J connectivity index is 1.43. The summed E-state index contributed by atoms with van der Waals surface area (Å²) in [5.41, 5.74) is 1.64. The Kier molecular flexibility index (Phi) is 7.69. The van der Waals surface area contributed by atoms with Crippen LogP contribution in [-0.4, -0.2) is 38.7 Å². The molecule has 0 aliphatic rings. The number of nitrogens with zero attached hydrogens (tertiary/aromatic N) is 2. The highest BCUT2D eigenvalue weighted by Crippen LogP contribution is 2.40. The molecule has 0 unspecified atom stereocenters. The van der Waals surface area contributed by atoms with Crippen LogP contribution in [0.2, 0.25) is 0 Å². The Labute approximate surface area is 216 Å². The van der Waals surface area contributed by atoms with Gasteiger partial charge in [0.25, 0.3) is 5.91 Å². The average molecular weight is 544 g/mol. The predicted octanol–water partition coefficient (Wildman–Crippen LogP) is 5.02. The van der Waals surface area contributed by atoms with E-state index < -0.39 is 15.7 Å². The summed E-state index contributed by atoms with van der Waals surface area (Å²) in [6.45, 7) is 1.60. The minimum absolute atomic E-state index is 0.0215. The van der Waals surface area contributed by atoms with Crippen LogP contribution in [0.15, 0.2) is 65.0 Å². The van der Waals surface area contributed by atoms with Gasteiger partial charge in [-0.3, -0.25) is 4.79 Å². The van der Waals surface area contributed by atoms with Gasteiger partial charge in [-0.2, -0.15) is 0 Å². The minimum atomic E-state index is -3.83. The number of anilines is 1. The normalized spacial score (nSPS) is 11.1. The summed E-state index contributed by atoms with van der Waals surface area (Å²) in [4.78, 5) is 12.5. The second-order valence-electron chi connectivity index (χ2n) is 7.80. The van der Waals surface area contributed by atoms with Crippen molar-refractivity contribution in [3.05, 3.63) is 83.2 Å². The molecule has 1 aromatic heterocycles. The zero-order valence-corrected chi connectivity index (χ0v) is 21.7. The lowest BCUT2D eigenvalue weighted by Crippen LogP contribution is -2.12. The SMILES string of the molecule is COc1cccc(Oc2nnc(S(=O)(=O)Cc3ccc(C(=O)Nc4ccc(F)c(C)c4)cc3)s2)c1OC. The average Bonchev–Trinajstić information content (AvgIpc) is 3.36. The van der Waals surface area contributed by atoms with Crippen LogP contribution in [0.3, 0.4) is 0 Å². The van der Waals surface area contributed by atoms with Gasteiger partial charge in [-0.15, -0.1) is 5.10 Å². The minimum Gasteiger partial charge on any atom is -0.493 e. The third-order valence-electron chi connectivity index (χ3n) is 5.21. The molecule has 1 heterocycles. The number of amides is 1. The lowest BCUT2D eigenvalue weighted by atomic mass is 10.1. The van der Waals surface area contributed by atoms with Crippen molar-refractivity contribution in [2.24, 2.45) is 0 Å². The van der Waals surface area contributed by atoms with Gasteiger partial charge in [0.1, 0.15) is 5.82 Å². The quantitative estimate of drug-likeness (QED) is 0.313. The molecule has 1 N–H and O–H groups in total. The van der Waals surface area contributed by atoms with Gasteiger partial charge in [0.2, 0.25) is 19.9 Å². The maximum Gasteiger partial charge on any atom is 0.300 e. The monoisotopic (exact) mass is 543 g/mol. The predicted molar refractivity (Wildman–Crippen MR) is 136 cm³/mol. The van der Waals surface area contributed by atoms with Gasteiger partial charge in [-0.1, -0.05) is 23.3 Å². The number of hydrogen-bond acceptors (Lipinski definition) is 9. The number of para-hydroxylation sites is 1. The molecule has 1 amide bonds. The van der Waals surface area contributed by atoms with E-state index >= 15 is 0 Å². The van der Waals surface area contributed by atoms with Gasteiger partial charge in [-0.05, 0) is 71.9 Å². The second-order valence-corrected chi connectivity index (χ2v) is 10.9. The summed E-state index contributed by atoms with van der Waals surface area (Å²) in [6.07, 6.45) is 0. The molecule has 0 bridgehead atoms. The molecular formula is C25H22FN3O6S2. The van der Waals surface area contributed by atoms with Crippen LogP contribution in [0, 0.1) is 12.7 Å². The Morgan fingerprint density at radius 3 is 2.41 bits per heavy atom. The molecule has 12 heteroatoms. The summed E-state index contributed by atoms with van der Waals surface area (Å²) in [5.74, 6) is -0.0300. The molecular weight excluding hydrogens is 521 g/mol. The van der Waals surface area contributed by atoms with Crippen molar-refractivity contribution < 1.29 is 31.8 Å². The molecule has 4 rings (SSSR count). The maximum atomic E-state index is 13.4. The van der Waals surface area contributed by atoms with Crippen LogP contribution in [0.5, 0.6) is 22.4 Å². The number of carbonyl (C=O) groups excluding carboxylic acids is 1. The van der Waals surface area contributed by atoms with Crippen molar-refractivity contribution in [1.29, 1.82) is 0 Å². The van der Waals surface area contributed by atoms with Gasteiger partial charge in [-0.25, -0.2) is 12.8 Å². The summed E-state index contributed by atoms with van der Waals surface area (Å²) >= 11 is 0.778. The smallest absolute Gasteiger partial charge is 0.300 e.